The average Bonchev–Trinajstić information content (AvgIpc) is 2.09. The van der Waals surface area contributed by atoms with Crippen LogP contribution in [0.5, 0.6) is 0 Å². The lowest BCUT2D eigenvalue weighted by Crippen LogP contribution is -2.42. The predicted molar refractivity (Wildman–Crippen MR) is 45.8 cm³/mol. The minimum absolute atomic E-state index is 0.866. The Morgan fingerprint density at radius 2 is 1.31 bits per heavy atom. The second-order valence-electron chi connectivity index (χ2n) is 3.03. The Morgan fingerprint density at radius 1 is 1.00 bits per heavy atom. The quantitative estimate of drug-likeness (QED) is 0.564. The van der Waals surface area contributed by atoms with E-state index in [4.69, 9.17) is 0 Å². The summed E-state index contributed by atoms with van der Waals surface area (Å²) in [6, 6.07) is 0. The first kappa shape index (κ1) is 15.5. The van der Waals surface area contributed by atoms with Crippen molar-refractivity contribution in [1.82, 2.24) is 0 Å². The van der Waals surface area contributed by atoms with Gasteiger partial charge in [-0.15, -0.1) is 6.58 Å². The van der Waals surface area contributed by atoms with Gasteiger partial charge in [-0.2, -0.15) is 26.3 Å². The minimum atomic E-state index is -4.61. The van der Waals surface area contributed by atoms with Crippen LogP contribution in [0.2, 0.25) is 6.55 Å². The summed E-state index contributed by atoms with van der Waals surface area (Å²) in [7, 11) is -3.62. The zero-order chi connectivity index (χ0) is 13.0. The molecule has 0 aromatic carbocycles. The summed E-state index contributed by atoms with van der Waals surface area (Å²) in [5, 5.41) is 0. The van der Waals surface area contributed by atoms with Crippen LogP contribution >= 0.6 is 0 Å². The molecule has 0 atom stereocenters. The maximum Gasteiger partial charge on any atom is 0.410 e. The molecule has 0 unspecified atom stereocenters. The summed E-state index contributed by atoms with van der Waals surface area (Å²) in [6.45, 7) is 0.858. The largest absolute Gasteiger partial charge is 0.410 e. The highest BCUT2D eigenvalue weighted by Gasteiger charge is 2.39. The number of alkyl halides is 6. The minimum Gasteiger partial charge on any atom is -0.382 e. The summed E-state index contributed by atoms with van der Waals surface area (Å²) in [5.41, 5.74) is 0.866. The van der Waals surface area contributed by atoms with Gasteiger partial charge < -0.3 is 8.85 Å². The van der Waals surface area contributed by atoms with Crippen LogP contribution < -0.4 is 0 Å². The first-order valence-electron chi connectivity index (χ1n) is 4.02. The monoisotopic (exact) mass is 268 g/mol. The smallest absolute Gasteiger partial charge is 0.382 e. The SMILES string of the molecule is C=C[Si](C)(OCC(F)(F)F)OCC(F)(F)F. The van der Waals surface area contributed by atoms with Crippen LogP contribution in [-0.4, -0.2) is 34.1 Å². The van der Waals surface area contributed by atoms with Crippen molar-refractivity contribution in [3.63, 3.8) is 0 Å². The molecular weight excluding hydrogens is 258 g/mol. The highest BCUT2D eigenvalue weighted by molar-refractivity contribution is 6.71. The van der Waals surface area contributed by atoms with E-state index in [2.05, 4.69) is 15.4 Å². The lowest BCUT2D eigenvalue weighted by Gasteiger charge is -2.24. The van der Waals surface area contributed by atoms with Crippen LogP contribution in [0.3, 0.4) is 0 Å². The van der Waals surface area contributed by atoms with Gasteiger partial charge in [-0.3, -0.25) is 0 Å². The van der Waals surface area contributed by atoms with E-state index in [1.165, 1.54) is 0 Å². The van der Waals surface area contributed by atoms with Crippen LogP contribution in [0.4, 0.5) is 26.3 Å². The van der Waals surface area contributed by atoms with E-state index in [1.54, 1.807) is 0 Å². The van der Waals surface area contributed by atoms with E-state index in [9.17, 15) is 26.3 Å². The van der Waals surface area contributed by atoms with E-state index in [-0.39, 0.29) is 0 Å². The standard InChI is InChI=1S/C7H10F6O2Si/c1-3-16(2,14-4-6(8,9)10)15-5-7(11,12)13/h3H,1,4-5H2,2H3. The highest BCUT2D eigenvalue weighted by Crippen LogP contribution is 2.22. The van der Waals surface area contributed by atoms with Crippen molar-refractivity contribution in [2.75, 3.05) is 13.2 Å². The molecule has 96 valence electrons. The lowest BCUT2D eigenvalue weighted by atomic mass is 10.7. The molecule has 0 aromatic rings. The molecule has 0 aliphatic heterocycles. The summed E-state index contributed by atoms with van der Waals surface area (Å²) >= 11 is 0. The van der Waals surface area contributed by atoms with Crippen LogP contribution in [0.1, 0.15) is 0 Å². The predicted octanol–water partition coefficient (Wildman–Crippen LogP) is 2.94. The van der Waals surface area contributed by atoms with E-state index < -0.39 is 34.1 Å². The van der Waals surface area contributed by atoms with Gasteiger partial charge in [-0.25, -0.2) is 0 Å². The van der Waals surface area contributed by atoms with Gasteiger partial charge in [0.1, 0.15) is 13.2 Å². The number of halogens is 6. The van der Waals surface area contributed by atoms with Gasteiger partial charge in [-0.1, -0.05) is 0 Å². The van der Waals surface area contributed by atoms with Crippen molar-refractivity contribution < 1.29 is 35.2 Å². The third-order valence-electron chi connectivity index (χ3n) is 1.42. The first-order valence-corrected chi connectivity index (χ1v) is 6.42. The van der Waals surface area contributed by atoms with Gasteiger partial charge in [0.25, 0.3) is 0 Å². The highest BCUT2D eigenvalue weighted by atomic mass is 28.4. The van der Waals surface area contributed by atoms with Gasteiger partial charge in [0.15, 0.2) is 0 Å². The van der Waals surface area contributed by atoms with Gasteiger partial charge in [0, 0.05) is 0 Å². The molecule has 0 saturated heterocycles. The molecule has 0 aliphatic carbocycles. The number of rotatable bonds is 5. The Labute approximate surface area is 89.1 Å². The van der Waals surface area contributed by atoms with Gasteiger partial charge >= 0.3 is 20.9 Å². The molecule has 0 bridgehead atoms. The Hall–Kier alpha value is -0.543. The molecule has 0 amide bonds. The molecule has 0 aromatic heterocycles. The summed E-state index contributed by atoms with van der Waals surface area (Å²) in [4.78, 5) is 0. The summed E-state index contributed by atoms with van der Waals surface area (Å²) in [5.74, 6) is 0. The molecule has 9 heteroatoms. The summed E-state index contributed by atoms with van der Waals surface area (Å²) < 4.78 is 79.3. The average molecular weight is 268 g/mol. The van der Waals surface area contributed by atoms with Crippen molar-refractivity contribution in [1.29, 1.82) is 0 Å². The topological polar surface area (TPSA) is 18.5 Å². The zero-order valence-electron chi connectivity index (χ0n) is 8.28. The normalized spacial score (nSPS) is 13.9. The Balaban J connectivity index is 4.27. The second-order valence-corrected chi connectivity index (χ2v) is 6.05. The molecule has 0 spiro atoms. The molecule has 0 saturated carbocycles. The summed E-state index contributed by atoms with van der Waals surface area (Å²) in [6.07, 6.45) is -9.22. The van der Waals surface area contributed by atoms with E-state index in [0.717, 1.165) is 12.2 Å². The Kier molecular flexibility index (Phi) is 5.01. The van der Waals surface area contributed by atoms with Crippen LogP contribution in [-0.2, 0) is 8.85 Å². The Bertz CT molecular complexity index is 218. The maximum atomic E-state index is 11.8. The van der Waals surface area contributed by atoms with Crippen molar-refractivity contribution >= 4 is 8.56 Å². The lowest BCUT2D eigenvalue weighted by molar-refractivity contribution is -0.170. The fraction of sp³-hybridized carbons (Fsp3) is 0.714. The fourth-order valence-electron chi connectivity index (χ4n) is 0.610. The van der Waals surface area contributed by atoms with Crippen LogP contribution in [0.25, 0.3) is 0 Å². The second kappa shape index (κ2) is 5.19. The van der Waals surface area contributed by atoms with Gasteiger partial charge in [0.05, 0.1) is 0 Å². The van der Waals surface area contributed by atoms with Crippen molar-refractivity contribution in [3.8, 4) is 0 Å². The molecule has 16 heavy (non-hydrogen) atoms. The van der Waals surface area contributed by atoms with Gasteiger partial charge in [-0.05, 0) is 12.2 Å². The Morgan fingerprint density at radius 3 is 1.50 bits per heavy atom. The fourth-order valence-corrected chi connectivity index (χ4v) is 1.83. The molecule has 0 heterocycles. The van der Waals surface area contributed by atoms with Gasteiger partial charge in [0.2, 0.25) is 0 Å². The van der Waals surface area contributed by atoms with Crippen molar-refractivity contribution in [2.45, 2.75) is 18.9 Å². The maximum absolute atomic E-state index is 11.8. The molecule has 0 N–H and O–H groups in total. The first-order chi connectivity index (χ1) is 6.97. The molecule has 0 aliphatic rings. The zero-order valence-corrected chi connectivity index (χ0v) is 9.28. The molecular formula is C7H10F6O2Si. The molecule has 2 nitrogen and oxygen atoms in total. The van der Waals surface area contributed by atoms with E-state index >= 15 is 0 Å². The van der Waals surface area contributed by atoms with Crippen LogP contribution in [0.15, 0.2) is 12.3 Å². The third-order valence-corrected chi connectivity index (χ3v) is 3.59. The third kappa shape index (κ3) is 7.71. The number of hydrogen-bond acceptors (Lipinski definition) is 2. The number of hydrogen-bond donors (Lipinski definition) is 0. The molecule has 0 radical (unpaired) electrons. The van der Waals surface area contributed by atoms with Crippen LogP contribution in [0, 0.1) is 0 Å². The molecule has 0 fully saturated rings. The van der Waals surface area contributed by atoms with Crippen molar-refractivity contribution in [2.24, 2.45) is 0 Å². The van der Waals surface area contributed by atoms with E-state index in [1.807, 2.05) is 0 Å². The van der Waals surface area contributed by atoms with E-state index in [0.29, 0.717) is 0 Å². The van der Waals surface area contributed by atoms with Crippen molar-refractivity contribution in [3.05, 3.63) is 12.3 Å². The molecule has 0 rings (SSSR count).